The molecule has 0 bridgehead atoms. The summed E-state index contributed by atoms with van der Waals surface area (Å²) < 4.78 is 6.32. The fourth-order valence-corrected chi connectivity index (χ4v) is 3.66. The number of pyridine rings is 1. The van der Waals surface area contributed by atoms with Crippen molar-refractivity contribution in [1.29, 1.82) is 0 Å². The maximum Gasteiger partial charge on any atom is 0.124 e. The summed E-state index contributed by atoms with van der Waals surface area (Å²) in [6.07, 6.45) is 6.56. The Morgan fingerprint density at radius 2 is 2.00 bits per heavy atom. The van der Waals surface area contributed by atoms with Gasteiger partial charge >= 0.3 is 0 Å². The van der Waals surface area contributed by atoms with E-state index in [1.807, 2.05) is 18.3 Å². The third kappa shape index (κ3) is 2.40. The number of para-hydroxylation sites is 1. The highest BCUT2D eigenvalue weighted by molar-refractivity contribution is 5.39. The Balaban J connectivity index is 1.60. The molecule has 4 rings (SSSR count). The first-order valence-corrected chi connectivity index (χ1v) is 8.21. The molecule has 2 unspecified atom stereocenters. The van der Waals surface area contributed by atoms with E-state index in [1.54, 1.807) is 0 Å². The molecule has 1 N–H and O–H groups in total. The number of fused-ring (bicyclic) bond motifs is 1. The van der Waals surface area contributed by atoms with Gasteiger partial charge in [0.2, 0.25) is 0 Å². The molecule has 2 aliphatic rings. The van der Waals surface area contributed by atoms with E-state index in [4.69, 9.17) is 4.74 Å². The topological polar surface area (TPSA) is 34.1 Å². The van der Waals surface area contributed by atoms with Crippen LogP contribution >= 0.6 is 0 Å². The number of ether oxygens (including phenoxy) is 1. The molecule has 1 aliphatic heterocycles. The summed E-state index contributed by atoms with van der Waals surface area (Å²) in [5.41, 5.74) is 2.44. The standard InChI is InChI=1S/C19H22N2O/c1-14(16-8-4-5-12-20-16)21-17-13-19(10-6-11-19)22-18-9-3-2-7-15(17)18/h2-5,7-9,12,14,17,21H,6,10-11,13H2,1H3. The second-order valence-electron chi connectivity index (χ2n) is 6.58. The van der Waals surface area contributed by atoms with E-state index < -0.39 is 0 Å². The zero-order valence-corrected chi connectivity index (χ0v) is 13.0. The van der Waals surface area contributed by atoms with E-state index in [2.05, 4.69) is 47.6 Å². The van der Waals surface area contributed by atoms with Gasteiger partial charge in [-0.3, -0.25) is 4.98 Å². The molecule has 2 atom stereocenters. The van der Waals surface area contributed by atoms with Gasteiger partial charge in [0.1, 0.15) is 11.4 Å². The average molecular weight is 294 g/mol. The molecule has 1 aromatic heterocycles. The van der Waals surface area contributed by atoms with Crippen molar-refractivity contribution in [2.45, 2.75) is 50.3 Å². The van der Waals surface area contributed by atoms with Gasteiger partial charge in [-0.2, -0.15) is 0 Å². The number of benzene rings is 1. The molecule has 1 aliphatic carbocycles. The quantitative estimate of drug-likeness (QED) is 0.922. The second kappa shape index (κ2) is 5.40. The Morgan fingerprint density at radius 3 is 2.73 bits per heavy atom. The molecule has 0 amide bonds. The molecule has 1 saturated carbocycles. The van der Waals surface area contributed by atoms with Gasteiger partial charge in [-0.05, 0) is 44.4 Å². The summed E-state index contributed by atoms with van der Waals surface area (Å²) in [5.74, 6) is 1.05. The predicted molar refractivity (Wildman–Crippen MR) is 86.8 cm³/mol. The van der Waals surface area contributed by atoms with Crippen LogP contribution < -0.4 is 10.1 Å². The van der Waals surface area contributed by atoms with Crippen LogP contribution in [0.5, 0.6) is 5.75 Å². The van der Waals surface area contributed by atoms with Crippen LogP contribution in [0, 0.1) is 0 Å². The fraction of sp³-hybridized carbons (Fsp3) is 0.421. The molecule has 2 heterocycles. The summed E-state index contributed by atoms with van der Waals surface area (Å²) in [6.45, 7) is 2.19. The lowest BCUT2D eigenvalue weighted by atomic mass is 9.73. The molecule has 3 nitrogen and oxygen atoms in total. The van der Waals surface area contributed by atoms with Crippen LogP contribution in [0.3, 0.4) is 0 Å². The van der Waals surface area contributed by atoms with Crippen molar-refractivity contribution in [2.24, 2.45) is 0 Å². The van der Waals surface area contributed by atoms with Crippen molar-refractivity contribution in [1.82, 2.24) is 10.3 Å². The maximum atomic E-state index is 6.32. The normalized spacial score (nSPS) is 23.2. The van der Waals surface area contributed by atoms with Crippen molar-refractivity contribution >= 4 is 0 Å². The fourth-order valence-electron chi connectivity index (χ4n) is 3.66. The molecule has 0 radical (unpaired) electrons. The van der Waals surface area contributed by atoms with Crippen molar-refractivity contribution in [2.75, 3.05) is 0 Å². The Morgan fingerprint density at radius 1 is 1.18 bits per heavy atom. The van der Waals surface area contributed by atoms with Crippen LogP contribution in [-0.2, 0) is 0 Å². The smallest absolute Gasteiger partial charge is 0.124 e. The minimum atomic E-state index is 0.0653. The molecule has 1 aromatic carbocycles. The average Bonchev–Trinajstić information content (AvgIpc) is 2.54. The van der Waals surface area contributed by atoms with Gasteiger partial charge in [-0.15, -0.1) is 0 Å². The molecule has 22 heavy (non-hydrogen) atoms. The lowest BCUT2D eigenvalue weighted by molar-refractivity contribution is -0.0379. The summed E-state index contributed by atoms with van der Waals surface area (Å²) in [7, 11) is 0. The molecule has 2 aromatic rings. The summed E-state index contributed by atoms with van der Waals surface area (Å²) in [6, 6.07) is 15.1. The van der Waals surface area contributed by atoms with Gasteiger partial charge in [0.05, 0.1) is 5.69 Å². The molecule has 1 fully saturated rings. The molecule has 3 heteroatoms. The van der Waals surface area contributed by atoms with E-state index in [0.717, 1.165) is 17.9 Å². The summed E-state index contributed by atoms with van der Waals surface area (Å²) >= 11 is 0. The molecular formula is C19H22N2O. The number of nitrogens with zero attached hydrogens (tertiary/aromatic N) is 1. The van der Waals surface area contributed by atoms with Crippen LogP contribution in [0.2, 0.25) is 0 Å². The molecular weight excluding hydrogens is 272 g/mol. The maximum absolute atomic E-state index is 6.32. The molecule has 0 saturated heterocycles. The van der Waals surface area contributed by atoms with Crippen LogP contribution in [0.25, 0.3) is 0 Å². The summed E-state index contributed by atoms with van der Waals surface area (Å²) in [5, 5.41) is 3.77. The van der Waals surface area contributed by atoms with Crippen molar-refractivity contribution in [3.05, 3.63) is 59.9 Å². The van der Waals surface area contributed by atoms with Gasteiger partial charge < -0.3 is 10.1 Å². The van der Waals surface area contributed by atoms with Crippen LogP contribution in [0.15, 0.2) is 48.7 Å². The second-order valence-corrected chi connectivity index (χ2v) is 6.58. The van der Waals surface area contributed by atoms with E-state index in [-0.39, 0.29) is 11.6 Å². The van der Waals surface area contributed by atoms with Crippen LogP contribution in [0.1, 0.15) is 55.9 Å². The minimum Gasteiger partial charge on any atom is -0.487 e. The zero-order chi connectivity index (χ0) is 15.0. The Bertz CT molecular complexity index is 651. The van der Waals surface area contributed by atoms with Gasteiger partial charge in [-0.25, -0.2) is 0 Å². The van der Waals surface area contributed by atoms with Crippen molar-refractivity contribution in [3.8, 4) is 5.75 Å². The van der Waals surface area contributed by atoms with Crippen molar-refractivity contribution in [3.63, 3.8) is 0 Å². The van der Waals surface area contributed by atoms with Crippen molar-refractivity contribution < 1.29 is 4.74 Å². The highest BCUT2D eigenvalue weighted by Crippen LogP contribution is 2.49. The largest absolute Gasteiger partial charge is 0.487 e. The SMILES string of the molecule is CC(NC1CC2(CCC2)Oc2ccccc21)c1ccccn1. The number of nitrogens with one attached hydrogen (secondary N) is 1. The minimum absolute atomic E-state index is 0.0653. The number of hydrogen-bond donors (Lipinski definition) is 1. The Hall–Kier alpha value is -1.87. The highest BCUT2D eigenvalue weighted by Gasteiger charge is 2.45. The van der Waals surface area contributed by atoms with E-state index in [0.29, 0.717) is 6.04 Å². The summed E-state index contributed by atoms with van der Waals surface area (Å²) in [4.78, 5) is 4.48. The third-order valence-corrected chi connectivity index (χ3v) is 5.04. The van der Waals surface area contributed by atoms with Gasteiger partial charge in [0.15, 0.2) is 0 Å². The Kier molecular flexibility index (Phi) is 3.38. The first-order chi connectivity index (χ1) is 10.8. The van der Waals surface area contributed by atoms with E-state index >= 15 is 0 Å². The molecule has 1 spiro atoms. The highest BCUT2D eigenvalue weighted by atomic mass is 16.5. The third-order valence-electron chi connectivity index (χ3n) is 5.04. The van der Waals surface area contributed by atoms with E-state index in [9.17, 15) is 0 Å². The van der Waals surface area contributed by atoms with Gasteiger partial charge in [0.25, 0.3) is 0 Å². The van der Waals surface area contributed by atoms with Gasteiger partial charge in [0, 0.05) is 30.3 Å². The van der Waals surface area contributed by atoms with E-state index in [1.165, 1.54) is 24.8 Å². The predicted octanol–water partition coefficient (Wildman–Crippen LogP) is 4.18. The zero-order valence-electron chi connectivity index (χ0n) is 13.0. The number of aromatic nitrogens is 1. The monoisotopic (exact) mass is 294 g/mol. The number of hydrogen-bond acceptors (Lipinski definition) is 3. The van der Waals surface area contributed by atoms with Crippen LogP contribution in [0.4, 0.5) is 0 Å². The lowest BCUT2D eigenvalue weighted by Crippen LogP contribution is -2.49. The Labute approximate surface area is 131 Å². The first kappa shape index (κ1) is 13.8. The first-order valence-electron chi connectivity index (χ1n) is 8.21. The lowest BCUT2D eigenvalue weighted by Gasteiger charge is -2.48. The van der Waals surface area contributed by atoms with Gasteiger partial charge in [-0.1, -0.05) is 24.3 Å². The molecule has 114 valence electrons. The van der Waals surface area contributed by atoms with Crippen LogP contribution in [-0.4, -0.2) is 10.6 Å². The number of rotatable bonds is 3.